The van der Waals surface area contributed by atoms with Crippen LogP contribution in [0.3, 0.4) is 0 Å². The van der Waals surface area contributed by atoms with Crippen LogP contribution in [0.4, 0.5) is 0 Å². The maximum Gasteiger partial charge on any atom is 0.174 e. The fourth-order valence-electron chi connectivity index (χ4n) is 1.06. The van der Waals surface area contributed by atoms with Crippen LogP contribution >= 0.6 is 0 Å². The Morgan fingerprint density at radius 3 is 2.13 bits per heavy atom. The lowest BCUT2D eigenvalue weighted by molar-refractivity contribution is -0.0304. The van der Waals surface area contributed by atoms with Gasteiger partial charge in [-0.3, -0.25) is 0 Å². The zero-order valence-corrected chi connectivity index (χ0v) is 14.1. The average molecular weight is 265 g/mol. The Kier molecular flexibility index (Phi) is 9.66. The van der Waals surface area contributed by atoms with E-state index in [0.717, 1.165) is 6.04 Å². The van der Waals surface area contributed by atoms with Crippen LogP contribution in [0.15, 0.2) is 12.7 Å². The first kappa shape index (κ1) is 15.3. The van der Waals surface area contributed by atoms with E-state index in [4.69, 9.17) is 13.3 Å². The first-order chi connectivity index (χ1) is 7.06. The van der Waals surface area contributed by atoms with Gasteiger partial charge in [0.15, 0.2) is 34.1 Å². The van der Waals surface area contributed by atoms with Crippen LogP contribution in [0.2, 0.25) is 32.2 Å². The zero-order valence-electron chi connectivity index (χ0n) is 10.4. The molecule has 0 aromatic heterocycles. The molecule has 90 valence electrons. The van der Waals surface area contributed by atoms with E-state index in [0.29, 0.717) is 6.61 Å². The van der Waals surface area contributed by atoms with Gasteiger partial charge in [-0.05, 0) is 32.2 Å². The van der Waals surface area contributed by atoms with Gasteiger partial charge < -0.3 is 13.3 Å². The molecule has 0 saturated carbocycles. The molecule has 0 aromatic carbocycles. The lowest BCUT2D eigenvalue weighted by Crippen LogP contribution is -2.32. The highest BCUT2D eigenvalue weighted by atomic mass is 28.3. The van der Waals surface area contributed by atoms with E-state index in [-0.39, 0.29) is 6.29 Å². The predicted molar refractivity (Wildman–Crippen MR) is 73.2 cm³/mol. The smallest absolute Gasteiger partial charge is 0.174 e. The van der Waals surface area contributed by atoms with Crippen molar-refractivity contribution in [2.45, 2.75) is 38.5 Å². The quantitative estimate of drug-likeness (QED) is 0.269. The molecule has 0 radical (unpaired) electrons. The van der Waals surface area contributed by atoms with E-state index in [2.05, 4.69) is 32.8 Å². The third-order valence-corrected chi connectivity index (χ3v) is 4.43. The molecule has 0 unspecified atom stereocenters. The Hall–Kier alpha value is 0.271. The summed E-state index contributed by atoms with van der Waals surface area (Å²) in [5.41, 5.74) is 0. The van der Waals surface area contributed by atoms with E-state index in [1.807, 2.05) is 6.08 Å². The largest absolute Gasteiger partial charge is 0.419 e. The minimum absolute atomic E-state index is 0.111. The van der Waals surface area contributed by atoms with Crippen molar-refractivity contribution >= 4 is 27.8 Å². The summed E-state index contributed by atoms with van der Waals surface area (Å²) in [6.07, 6.45) is 1.80. The third kappa shape index (κ3) is 10.6. The van der Waals surface area contributed by atoms with Crippen LogP contribution in [0.25, 0.3) is 0 Å². The maximum atomic E-state index is 5.76. The summed E-state index contributed by atoms with van der Waals surface area (Å²) >= 11 is 0. The van der Waals surface area contributed by atoms with E-state index < -0.39 is 27.8 Å². The van der Waals surface area contributed by atoms with Gasteiger partial charge in [0.25, 0.3) is 0 Å². The van der Waals surface area contributed by atoms with Crippen molar-refractivity contribution in [3.8, 4) is 0 Å². The number of hydrogen-bond donors (Lipinski definition) is 0. The summed E-state index contributed by atoms with van der Waals surface area (Å²) < 4.78 is 17.1. The van der Waals surface area contributed by atoms with Crippen molar-refractivity contribution in [1.82, 2.24) is 0 Å². The van der Waals surface area contributed by atoms with Crippen molar-refractivity contribution in [3.63, 3.8) is 0 Å². The summed E-state index contributed by atoms with van der Waals surface area (Å²) in [5.74, 6) is 0. The minimum atomic E-state index is -1.03. The molecule has 0 atom stereocenters. The monoisotopic (exact) mass is 264 g/mol. The first-order valence-corrected chi connectivity index (χ1v) is 12.7. The summed E-state index contributed by atoms with van der Waals surface area (Å²) in [4.78, 5) is 0. The van der Waals surface area contributed by atoms with Gasteiger partial charge in [-0.25, -0.2) is 0 Å². The van der Waals surface area contributed by atoms with Crippen LogP contribution in [0.1, 0.15) is 0 Å². The van der Waals surface area contributed by atoms with Crippen LogP contribution in [0.5, 0.6) is 0 Å². The number of hydrogen-bond acceptors (Lipinski definition) is 3. The summed E-state index contributed by atoms with van der Waals surface area (Å²) in [6, 6.07) is 1.02. The van der Waals surface area contributed by atoms with Crippen LogP contribution < -0.4 is 0 Å². The van der Waals surface area contributed by atoms with Crippen molar-refractivity contribution in [1.29, 1.82) is 0 Å². The Labute approximate surface area is 99.2 Å². The Bertz CT molecular complexity index is 155. The molecule has 0 aliphatic rings. The second kappa shape index (κ2) is 9.49. The van der Waals surface area contributed by atoms with E-state index >= 15 is 0 Å². The molecule has 0 fully saturated rings. The summed E-state index contributed by atoms with van der Waals surface area (Å²) in [5, 5.41) is 0. The van der Waals surface area contributed by atoms with Gasteiger partial charge in [-0.2, -0.15) is 0 Å². The van der Waals surface area contributed by atoms with Crippen LogP contribution in [0, 0.1) is 0 Å². The van der Waals surface area contributed by atoms with E-state index in [1.54, 1.807) is 0 Å². The van der Waals surface area contributed by atoms with Gasteiger partial charge in [0, 0.05) is 0 Å². The Balaban J connectivity index is 3.74. The SMILES string of the molecule is C=CC[SiH2]OCC(O[SiH](C)C)O[SiH](C)C. The molecule has 0 bridgehead atoms. The van der Waals surface area contributed by atoms with Crippen LogP contribution in [-0.4, -0.2) is 40.7 Å². The second-order valence-corrected chi connectivity index (χ2v) is 10.1. The van der Waals surface area contributed by atoms with Crippen molar-refractivity contribution in [2.75, 3.05) is 6.61 Å². The molecule has 0 aromatic rings. The van der Waals surface area contributed by atoms with Gasteiger partial charge in [0.1, 0.15) is 0 Å². The molecular formula is C9H24O3Si3. The minimum Gasteiger partial charge on any atom is -0.419 e. The predicted octanol–water partition coefficient (Wildman–Crippen LogP) is 1.02. The van der Waals surface area contributed by atoms with Crippen molar-refractivity contribution < 1.29 is 13.3 Å². The normalized spacial score (nSPS) is 12.5. The zero-order chi connectivity index (χ0) is 11.7. The van der Waals surface area contributed by atoms with Gasteiger partial charge in [0.2, 0.25) is 0 Å². The molecule has 0 aliphatic heterocycles. The fourth-order valence-corrected chi connectivity index (χ4v) is 3.38. The number of allylic oxidation sites excluding steroid dienone is 1. The average Bonchev–Trinajstić information content (AvgIpc) is 2.10. The summed E-state index contributed by atoms with van der Waals surface area (Å²) in [6.45, 7) is 12.9. The molecule has 0 aliphatic carbocycles. The van der Waals surface area contributed by atoms with Gasteiger partial charge >= 0.3 is 0 Å². The van der Waals surface area contributed by atoms with Gasteiger partial charge in [-0.1, -0.05) is 6.08 Å². The van der Waals surface area contributed by atoms with Gasteiger partial charge in [-0.15, -0.1) is 6.58 Å². The molecule has 0 N–H and O–H groups in total. The highest BCUT2D eigenvalue weighted by Gasteiger charge is 2.13. The molecule has 3 nitrogen and oxygen atoms in total. The highest BCUT2D eigenvalue weighted by Crippen LogP contribution is 2.02. The molecule has 0 spiro atoms. The molecule has 0 amide bonds. The maximum absolute atomic E-state index is 5.76. The molecule has 0 saturated heterocycles. The molecule has 15 heavy (non-hydrogen) atoms. The standard InChI is InChI=1S/C9H24O3Si3/c1-6-7-13-10-8-9(11-14(2)3)12-15(4)5/h6,9,14-15H,1,7-8,13H2,2-5H3. The topological polar surface area (TPSA) is 27.7 Å². The first-order valence-electron chi connectivity index (χ1n) is 5.55. The van der Waals surface area contributed by atoms with Crippen LogP contribution in [-0.2, 0) is 13.3 Å². The van der Waals surface area contributed by atoms with Gasteiger partial charge in [0.05, 0.1) is 6.61 Å². The number of rotatable bonds is 9. The van der Waals surface area contributed by atoms with Crippen molar-refractivity contribution in [2.24, 2.45) is 0 Å². The van der Waals surface area contributed by atoms with E-state index in [1.165, 1.54) is 0 Å². The third-order valence-electron chi connectivity index (χ3n) is 1.57. The molecular weight excluding hydrogens is 240 g/mol. The molecule has 6 heteroatoms. The second-order valence-electron chi connectivity index (χ2n) is 3.95. The lowest BCUT2D eigenvalue weighted by Gasteiger charge is -2.23. The molecule has 0 heterocycles. The van der Waals surface area contributed by atoms with E-state index in [9.17, 15) is 0 Å². The Morgan fingerprint density at radius 2 is 1.73 bits per heavy atom. The lowest BCUT2D eigenvalue weighted by atomic mass is 10.7. The fraction of sp³-hybridized carbons (Fsp3) is 0.778. The van der Waals surface area contributed by atoms with Crippen molar-refractivity contribution in [3.05, 3.63) is 12.7 Å². The summed E-state index contributed by atoms with van der Waals surface area (Å²) in [7, 11) is -2.51. The Morgan fingerprint density at radius 1 is 1.20 bits per heavy atom. The highest BCUT2D eigenvalue weighted by molar-refractivity contribution is 6.49. The molecule has 0 rings (SSSR count).